The maximum absolute atomic E-state index is 5.52. The minimum Gasteiger partial charge on any atom is -0.368 e. The first-order valence-electron chi connectivity index (χ1n) is 4.45. The average Bonchev–Trinajstić information content (AvgIpc) is 2.17. The summed E-state index contributed by atoms with van der Waals surface area (Å²) in [5.74, 6) is 2.27. The predicted molar refractivity (Wildman–Crippen MR) is 62.7 cm³/mol. The molecule has 0 bridgehead atoms. The van der Waals surface area contributed by atoms with Gasteiger partial charge in [-0.2, -0.15) is 16.7 Å². The molecule has 14 heavy (non-hydrogen) atoms. The second kappa shape index (κ2) is 5.05. The molecule has 0 spiro atoms. The molecule has 0 radical (unpaired) electrons. The number of thioether (sulfide) groups is 1. The highest BCUT2D eigenvalue weighted by molar-refractivity contribution is 7.98. The highest BCUT2D eigenvalue weighted by Gasteiger charge is 2.10. The van der Waals surface area contributed by atoms with Gasteiger partial charge in [0, 0.05) is 25.0 Å². The number of nitrogens with two attached hydrogens (primary N) is 1. The van der Waals surface area contributed by atoms with Crippen LogP contribution in [0.5, 0.6) is 0 Å². The van der Waals surface area contributed by atoms with Crippen molar-refractivity contribution in [1.82, 2.24) is 9.97 Å². The zero-order valence-electron chi connectivity index (χ0n) is 8.77. The smallest absolute Gasteiger partial charge is 0.221 e. The molecule has 0 aliphatic carbocycles. The van der Waals surface area contributed by atoms with Crippen molar-refractivity contribution >= 4 is 23.5 Å². The summed E-state index contributed by atoms with van der Waals surface area (Å²) >= 11 is 1.82. The first-order chi connectivity index (χ1) is 6.65. The van der Waals surface area contributed by atoms with E-state index >= 15 is 0 Å². The fourth-order valence-corrected chi connectivity index (χ4v) is 1.85. The van der Waals surface area contributed by atoms with Gasteiger partial charge in [0.05, 0.1) is 0 Å². The van der Waals surface area contributed by atoms with E-state index in [-0.39, 0.29) is 0 Å². The fourth-order valence-electron chi connectivity index (χ4n) is 1.14. The molecule has 1 rings (SSSR count). The van der Waals surface area contributed by atoms with Crippen LogP contribution in [0, 0.1) is 0 Å². The summed E-state index contributed by atoms with van der Waals surface area (Å²) in [5, 5.41) is 0. The van der Waals surface area contributed by atoms with Crippen LogP contribution in [0.3, 0.4) is 0 Å². The van der Waals surface area contributed by atoms with Gasteiger partial charge in [0.25, 0.3) is 0 Å². The van der Waals surface area contributed by atoms with Gasteiger partial charge in [-0.25, -0.2) is 4.98 Å². The van der Waals surface area contributed by atoms with Crippen molar-refractivity contribution in [2.75, 3.05) is 29.7 Å². The molecule has 2 N–H and O–H groups in total. The third-order valence-electron chi connectivity index (χ3n) is 2.09. The second-order valence-corrected chi connectivity index (χ2v) is 4.10. The predicted octanol–water partition coefficient (Wildman–Crippen LogP) is 1.25. The van der Waals surface area contributed by atoms with E-state index in [0.717, 1.165) is 11.6 Å². The van der Waals surface area contributed by atoms with Gasteiger partial charge >= 0.3 is 0 Å². The Labute approximate surface area is 88.9 Å². The summed E-state index contributed by atoms with van der Waals surface area (Å²) in [4.78, 5) is 10.1. The van der Waals surface area contributed by atoms with Gasteiger partial charge in [-0.3, -0.25) is 0 Å². The zero-order chi connectivity index (χ0) is 10.6. The van der Waals surface area contributed by atoms with Crippen molar-refractivity contribution in [2.45, 2.75) is 13.0 Å². The normalized spacial score (nSPS) is 12.5. The van der Waals surface area contributed by atoms with Crippen LogP contribution in [-0.4, -0.2) is 35.1 Å². The molecule has 1 unspecified atom stereocenters. The van der Waals surface area contributed by atoms with Crippen molar-refractivity contribution in [1.29, 1.82) is 0 Å². The molecule has 5 heteroatoms. The molecule has 0 saturated heterocycles. The van der Waals surface area contributed by atoms with Gasteiger partial charge in [0.15, 0.2) is 0 Å². The summed E-state index contributed by atoms with van der Waals surface area (Å²) < 4.78 is 0. The number of nitrogens with zero attached hydrogens (tertiary/aromatic N) is 3. The van der Waals surface area contributed by atoms with E-state index in [4.69, 9.17) is 5.73 Å². The summed E-state index contributed by atoms with van der Waals surface area (Å²) in [5.41, 5.74) is 5.52. The Hall–Kier alpha value is -0.970. The van der Waals surface area contributed by atoms with Crippen LogP contribution in [0.4, 0.5) is 11.8 Å². The SMILES string of the molecule is CSCC(C)N(C)c1ccnc(N)n1. The van der Waals surface area contributed by atoms with Crippen molar-refractivity contribution in [3.05, 3.63) is 12.3 Å². The van der Waals surface area contributed by atoms with E-state index in [1.54, 1.807) is 6.20 Å². The molecule has 1 aromatic rings. The topological polar surface area (TPSA) is 55.0 Å². The largest absolute Gasteiger partial charge is 0.368 e. The third kappa shape index (κ3) is 2.77. The maximum Gasteiger partial charge on any atom is 0.221 e. The maximum atomic E-state index is 5.52. The number of aromatic nitrogens is 2. The van der Waals surface area contributed by atoms with Gasteiger partial charge in [0.1, 0.15) is 5.82 Å². The van der Waals surface area contributed by atoms with E-state index < -0.39 is 0 Å². The van der Waals surface area contributed by atoms with Gasteiger partial charge in [-0.1, -0.05) is 0 Å². The molecule has 0 aliphatic rings. The van der Waals surface area contributed by atoms with E-state index in [1.807, 2.05) is 24.9 Å². The van der Waals surface area contributed by atoms with E-state index in [9.17, 15) is 0 Å². The molecular formula is C9H16N4S. The standard InChI is InChI=1S/C9H16N4S/c1-7(6-14-3)13(2)8-4-5-11-9(10)12-8/h4-5,7H,6H2,1-3H3,(H2,10,11,12). The monoisotopic (exact) mass is 212 g/mol. The van der Waals surface area contributed by atoms with E-state index in [2.05, 4.69) is 28.0 Å². The lowest BCUT2D eigenvalue weighted by molar-refractivity contribution is 0.752. The van der Waals surface area contributed by atoms with Gasteiger partial charge < -0.3 is 10.6 Å². The highest BCUT2D eigenvalue weighted by atomic mass is 32.2. The van der Waals surface area contributed by atoms with Crippen LogP contribution < -0.4 is 10.6 Å². The van der Waals surface area contributed by atoms with E-state index in [0.29, 0.717) is 12.0 Å². The molecule has 0 amide bonds. The molecule has 1 heterocycles. The van der Waals surface area contributed by atoms with Crippen molar-refractivity contribution in [2.24, 2.45) is 0 Å². The lowest BCUT2D eigenvalue weighted by atomic mass is 10.3. The number of rotatable bonds is 4. The van der Waals surface area contributed by atoms with Crippen LogP contribution >= 0.6 is 11.8 Å². The number of nitrogen functional groups attached to an aromatic ring is 1. The summed E-state index contributed by atoms with van der Waals surface area (Å²) in [6, 6.07) is 2.31. The molecule has 78 valence electrons. The fraction of sp³-hybridized carbons (Fsp3) is 0.556. The number of hydrogen-bond donors (Lipinski definition) is 1. The molecule has 4 nitrogen and oxygen atoms in total. The van der Waals surface area contributed by atoms with Gasteiger partial charge in [-0.15, -0.1) is 0 Å². The summed E-state index contributed by atoms with van der Waals surface area (Å²) in [6.45, 7) is 2.16. The molecule has 0 aromatic carbocycles. The van der Waals surface area contributed by atoms with Crippen LogP contribution in [0.1, 0.15) is 6.92 Å². The minimum absolute atomic E-state index is 0.325. The Bertz CT molecular complexity index is 292. The summed E-state index contributed by atoms with van der Waals surface area (Å²) in [7, 11) is 2.02. The Balaban J connectivity index is 2.73. The molecule has 1 aromatic heterocycles. The molecule has 0 fully saturated rings. The van der Waals surface area contributed by atoms with Gasteiger partial charge in [-0.05, 0) is 19.2 Å². The summed E-state index contributed by atoms with van der Waals surface area (Å²) in [6.07, 6.45) is 3.78. The quantitative estimate of drug-likeness (QED) is 0.814. The van der Waals surface area contributed by atoms with Crippen molar-refractivity contribution in [3.63, 3.8) is 0 Å². The molecular weight excluding hydrogens is 196 g/mol. The first kappa shape index (κ1) is 11.1. The van der Waals surface area contributed by atoms with Crippen LogP contribution in [0.25, 0.3) is 0 Å². The van der Waals surface area contributed by atoms with Crippen LogP contribution in [0.2, 0.25) is 0 Å². The van der Waals surface area contributed by atoms with Gasteiger partial charge in [0.2, 0.25) is 5.95 Å². The third-order valence-corrected chi connectivity index (χ3v) is 2.91. The Morgan fingerprint density at radius 3 is 2.93 bits per heavy atom. The van der Waals surface area contributed by atoms with E-state index in [1.165, 1.54) is 0 Å². The Morgan fingerprint density at radius 2 is 2.36 bits per heavy atom. The number of anilines is 2. The molecule has 0 saturated carbocycles. The second-order valence-electron chi connectivity index (χ2n) is 3.19. The van der Waals surface area contributed by atoms with Crippen molar-refractivity contribution in [3.8, 4) is 0 Å². The highest BCUT2D eigenvalue weighted by Crippen LogP contribution is 2.13. The first-order valence-corrected chi connectivity index (χ1v) is 5.85. The lowest BCUT2D eigenvalue weighted by Crippen LogP contribution is -2.31. The van der Waals surface area contributed by atoms with Crippen molar-refractivity contribution < 1.29 is 0 Å². The van der Waals surface area contributed by atoms with Crippen LogP contribution in [0.15, 0.2) is 12.3 Å². The Kier molecular flexibility index (Phi) is 4.00. The lowest BCUT2D eigenvalue weighted by Gasteiger charge is -2.25. The molecule has 1 atom stereocenters. The zero-order valence-corrected chi connectivity index (χ0v) is 9.58. The molecule has 0 aliphatic heterocycles. The number of hydrogen-bond acceptors (Lipinski definition) is 5. The Morgan fingerprint density at radius 1 is 1.64 bits per heavy atom. The van der Waals surface area contributed by atoms with Crippen LogP contribution in [-0.2, 0) is 0 Å². The average molecular weight is 212 g/mol. The minimum atomic E-state index is 0.325.